The van der Waals surface area contributed by atoms with Gasteiger partial charge < -0.3 is 0 Å². The topological polar surface area (TPSA) is 84.6 Å². The molecule has 0 unspecified atom stereocenters. The van der Waals surface area contributed by atoms with Gasteiger partial charge in [0.25, 0.3) is 0 Å². The van der Waals surface area contributed by atoms with E-state index in [1.165, 1.54) is 0 Å². The van der Waals surface area contributed by atoms with E-state index < -0.39 is 0 Å². The van der Waals surface area contributed by atoms with Gasteiger partial charge in [-0.15, -0.1) is 5.10 Å². The molecule has 3 heterocycles. The molecule has 1 N–H and O–H groups in total. The van der Waals surface area contributed by atoms with Crippen LogP contribution in [0, 0.1) is 6.92 Å². The largest absolute Gasteiger partial charge is 0.239 e. The third-order valence-electron chi connectivity index (χ3n) is 2.90. The zero-order chi connectivity index (χ0) is 12.7. The number of nitrogens with one attached hydrogen (secondary N) is 1. The molecule has 3 aromatic heterocycles. The lowest BCUT2D eigenvalue weighted by atomic mass is 10.1. The minimum Gasteiger partial charge on any atom is -0.239 e. The van der Waals surface area contributed by atoms with E-state index in [1.807, 2.05) is 17.6 Å². The molecule has 92 valence electrons. The molecule has 0 aromatic carbocycles. The van der Waals surface area contributed by atoms with Crippen LogP contribution < -0.4 is 0 Å². The Morgan fingerprint density at radius 3 is 2.78 bits per heavy atom. The van der Waals surface area contributed by atoms with Gasteiger partial charge >= 0.3 is 0 Å². The van der Waals surface area contributed by atoms with Crippen molar-refractivity contribution in [3.8, 4) is 11.4 Å². The van der Waals surface area contributed by atoms with Crippen LogP contribution in [0.25, 0.3) is 17.0 Å². The number of tetrazole rings is 1. The average molecular weight is 243 g/mol. The quantitative estimate of drug-likeness (QED) is 0.734. The highest BCUT2D eigenvalue weighted by Crippen LogP contribution is 2.24. The molecular formula is C11H13N7. The molecule has 18 heavy (non-hydrogen) atoms. The molecule has 0 aliphatic carbocycles. The van der Waals surface area contributed by atoms with Gasteiger partial charge in [-0.25, -0.2) is 14.6 Å². The first kappa shape index (κ1) is 10.8. The molecule has 0 aliphatic heterocycles. The van der Waals surface area contributed by atoms with Crippen LogP contribution in [0.2, 0.25) is 0 Å². The second kappa shape index (κ2) is 3.86. The fourth-order valence-corrected chi connectivity index (χ4v) is 2.17. The zero-order valence-electron chi connectivity index (χ0n) is 10.4. The Kier molecular flexibility index (Phi) is 2.32. The number of nitrogens with zero attached hydrogens (tertiary/aromatic N) is 6. The summed E-state index contributed by atoms with van der Waals surface area (Å²) in [6.07, 6.45) is 3.59. The van der Waals surface area contributed by atoms with E-state index >= 15 is 0 Å². The molecule has 0 fully saturated rings. The summed E-state index contributed by atoms with van der Waals surface area (Å²) in [5, 5.41) is 18.2. The Bertz CT molecular complexity index is 681. The van der Waals surface area contributed by atoms with Crippen molar-refractivity contribution >= 4 is 5.65 Å². The van der Waals surface area contributed by atoms with Crippen molar-refractivity contribution in [1.29, 1.82) is 0 Å². The summed E-state index contributed by atoms with van der Waals surface area (Å²) in [6, 6.07) is 0. The van der Waals surface area contributed by atoms with E-state index in [4.69, 9.17) is 0 Å². The van der Waals surface area contributed by atoms with Gasteiger partial charge in [0.05, 0.1) is 17.5 Å². The van der Waals surface area contributed by atoms with Gasteiger partial charge in [-0.1, -0.05) is 13.8 Å². The molecule has 7 heteroatoms. The molecule has 7 nitrogen and oxygen atoms in total. The second-order valence-corrected chi connectivity index (χ2v) is 4.52. The van der Waals surface area contributed by atoms with Gasteiger partial charge in [0.2, 0.25) is 0 Å². The van der Waals surface area contributed by atoms with Crippen LogP contribution in [0.4, 0.5) is 0 Å². The van der Waals surface area contributed by atoms with Gasteiger partial charge in [0.1, 0.15) is 0 Å². The summed E-state index contributed by atoms with van der Waals surface area (Å²) >= 11 is 0. The monoisotopic (exact) mass is 243 g/mol. The van der Waals surface area contributed by atoms with Crippen LogP contribution in [0.1, 0.15) is 31.0 Å². The Morgan fingerprint density at radius 1 is 1.28 bits per heavy atom. The molecular weight excluding hydrogens is 230 g/mol. The Balaban J connectivity index is 2.31. The highest BCUT2D eigenvalue weighted by Gasteiger charge is 2.16. The highest BCUT2D eigenvalue weighted by atomic mass is 15.5. The summed E-state index contributed by atoms with van der Waals surface area (Å²) in [7, 11) is 0. The van der Waals surface area contributed by atoms with Gasteiger partial charge in [-0.3, -0.25) is 0 Å². The van der Waals surface area contributed by atoms with E-state index in [-0.39, 0.29) is 0 Å². The maximum absolute atomic E-state index is 4.42. The number of aromatic amines is 1. The Labute approximate surface area is 103 Å². The molecule has 0 bridgehead atoms. The van der Waals surface area contributed by atoms with Gasteiger partial charge in [-0.05, 0) is 28.8 Å². The van der Waals surface area contributed by atoms with Crippen molar-refractivity contribution in [2.75, 3.05) is 0 Å². The summed E-state index contributed by atoms with van der Waals surface area (Å²) in [6.45, 7) is 6.32. The number of rotatable bonds is 2. The van der Waals surface area contributed by atoms with Crippen molar-refractivity contribution < 1.29 is 0 Å². The van der Waals surface area contributed by atoms with Gasteiger partial charge in [0, 0.05) is 6.20 Å². The maximum Gasteiger partial charge on any atom is 0.184 e. The molecule has 0 aliphatic rings. The van der Waals surface area contributed by atoms with Crippen molar-refractivity contribution in [3.05, 3.63) is 23.7 Å². The molecule has 0 radical (unpaired) electrons. The van der Waals surface area contributed by atoms with Crippen LogP contribution in [0.5, 0.6) is 0 Å². The number of hydrogen-bond donors (Lipinski definition) is 1. The molecule has 3 aromatic rings. The van der Waals surface area contributed by atoms with Crippen LogP contribution >= 0.6 is 0 Å². The average Bonchev–Trinajstić information content (AvgIpc) is 2.95. The zero-order valence-corrected chi connectivity index (χ0v) is 10.4. The first-order valence-corrected chi connectivity index (χ1v) is 5.76. The first-order chi connectivity index (χ1) is 8.68. The van der Waals surface area contributed by atoms with E-state index in [2.05, 4.69) is 44.6 Å². The van der Waals surface area contributed by atoms with Crippen LogP contribution in [-0.4, -0.2) is 35.2 Å². The van der Waals surface area contributed by atoms with Gasteiger partial charge in [0.15, 0.2) is 11.5 Å². The minimum absolute atomic E-state index is 0.371. The van der Waals surface area contributed by atoms with E-state index in [9.17, 15) is 0 Å². The fourth-order valence-electron chi connectivity index (χ4n) is 2.17. The van der Waals surface area contributed by atoms with Crippen molar-refractivity contribution in [1.82, 2.24) is 35.2 Å². The predicted octanol–water partition coefficient (Wildman–Crippen LogP) is 1.34. The smallest absolute Gasteiger partial charge is 0.184 e. The number of hydrogen-bond acceptors (Lipinski definition) is 5. The molecule has 0 atom stereocenters. The normalized spacial score (nSPS) is 11.6. The molecule has 0 spiro atoms. The number of H-pyrrole nitrogens is 1. The van der Waals surface area contributed by atoms with E-state index in [0.717, 1.165) is 22.5 Å². The highest BCUT2D eigenvalue weighted by molar-refractivity contribution is 5.71. The van der Waals surface area contributed by atoms with Crippen LogP contribution in [0.15, 0.2) is 12.4 Å². The van der Waals surface area contributed by atoms with Crippen molar-refractivity contribution in [2.45, 2.75) is 26.7 Å². The van der Waals surface area contributed by atoms with Crippen LogP contribution in [0.3, 0.4) is 0 Å². The van der Waals surface area contributed by atoms with Crippen LogP contribution in [-0.2, 0) is 0 Å². The SMILES string of the molecule is Cc1cnc2c(-c3nnn[nH]3)cnn2c1C(C)C. The maximum atomic E-state index is 4.42. The summed E-state index contributed by atoms with van der Waals surface area (Å²) in [5.41, 5.74) is 3.85. The van der Waals surface area contributed by atoms with E-state index in [0.29, 0.717) is 11.7 Å². The predicted molar refractivity (Wildman–Crippen MR) is 65.0 cm³/mol. The van der Waals surface area contributed by atoms with E-state index in [1.54, 1.807) is 6.20 Å². The summed E-state index contributed by atoms with van der Waals surface area (Å²) in [4.78, 5) is 4.42. The Morgan fingerprint density at radius 2 is 2.11 bits per heavy atom. The lowest BCUT2D eigenvalue weighted by molar-refractivity contribution is 0.739. The van der Waals surface area contributed by atoms with Gasteiger partial charge in [-0.2, -0.15) is 5.10 Å². The van der Waals surface area contributed by atoms with Crippen molar-refractivity contribution in [3.63, 3.8) is 0 Å². The minimum atomic E-state index is 0.371. The second-order valence-electron chi connectivity index (χ2n) is 4.52. The Hall–Kier alpha value is -2.31. The summed E-state index contributed by atoms with van der Waals surface area (Å²) < 4.78 is 1.86. The summed E-state index contributed by atoms with van der Waals surface area (Å²) in [5.74, 6) is 0.951. The third kappa shape index (κ3) is 1.47. The standard InChI is InChI=1S/C11H13N7/c1-6(2)9-7(3)4-12-11-8(5-13-18(9)11)10-14-16-17-15-10/h4-6H,1-3H3,(H,14,15,16,17). The number of aromatic nitrogens is 7. The lowest BCUT2D eigenvalue weighted by Crippen LogP contribution is -2.05. The fraction of sp³-hybridized carbons (Fsp3) is 0.364. The first-order valence-electron chi connectivity index (χ1n) is 5.76. The number of aryl methyl sites for hydroxylation is 1. The molecule has 0 saturated heterocycles. The third-order valence-corrected chi connectivity index (χ3v) is 2.90. The molecule has 3 rings (SSSR count). The molecule has 0 amide bonds. The molecule has 0 saturated carbocycles. The number of fused-ring (bicyclic) bond motifs is 1. The van der Waals surface area contributed by atoms with Crippen molar-refractivity contribution in [2.24, 2.45) is 0 Å². The lowest BCUT2D eigenvalue weighted by Gasteiger charge is -2.11.